The van der Waals surface area contributed by atoms with Crippen molar-refractivity contribution in [1.82, 2.24) is 4.90 Å². The molecule has 0 unspecified atom stereocenters. The van der Waals surface area contributed by atoms with Gasteiger partial charge in [0.25, 0.3) is 11.6 Å². The van der Waals surface area contributed by atoms with Crippen molar-refractivity contribution in [3.63, 3.8) is 0 Å². The number of amides is 3. The molecule has 180 valence electrons. The summed E-state index contributed by atoms with van der Waals surface area (Å²) in [5.41, 5.74) is 1.37. The minimum atomic E-state index is -0.582. The number of carbonyl (C=O) groups excluding carboxylic acids is 3. The van der Waals surface area contributed by atoms with Crippen molar-refractivity contribution in [3.05, 3.63) is 74.8 Å². The van der Waals surface area contributed by atoms with Crippen molar-refractivity contribution in [2.24, 2.45) is 23.7 Å². The molecule has 1 aliphatic heterocycles. The maximum absolute atomic E-state index is 12.8. The first kappa shape index (κ1) is 23.0. The summed E-state index contributed by atoms with van der Waals surface area (Å²) in [5.74, 6) is -1.10. The molecule has 2 aromatic rings. The van der Waals surface area contributed by atoms with E-state index in [9.17, 15) is 24.5 Å². The van der Waals surface area contributed by atoms with Crippen molar-refractivity contribution in [3.8, 4) is 0 Å². The van der Waals surface area contributed by atoms with Gasteiger partial charge in [-0.2, -0.15) is 0 Å². The monoisotopic (exact) mass is 494 g/mol. The molecule has 35 heavy (non-hydrogen) atoms. The van der Waals surface area contributed by atoms with Crippen molar-refractivity contribution < 1.29 is 19.3 Å². The number of anilines is 2. The lowest BCUT2D eigenvalue weighted by molar-refractivity contribution is -0.384. The Balaban J connectivity index is 1.24. The molecular formula is C25H23ClN4O5. The average molecular weight is 495 g/mol. The topological polar surface area (TPSA) is 122 Å². The van der Waals surface area contributed by atoms with E-state index in [1.807, 2.05) is 19.1 Å². The standard InChI is InChI=1S/C25H23ClN4O5/c1-13-2-6-17(12-18(13)26)28-23(31)16-5-7-19(20(11-16)30(34)35)27-8-9-29-24(32)21-14-3-4-15(10-14)22(21)25(29)33/h2-7,11-12,14-15,21-22,27H,8-10H2,1H3,(H,28,31)/t14-,15+,21-,22-/m0/s1. The van der Waals surface area contributed by atoms with E-state index in [0.29, 0.717) is 10.7 Å². The molecular weight excluding hydrogens is 472 g/mol. The van der Waals surface area contributed by atoms with Crippen LogP contribution in [0.2, 0.25) is 5.02 Å². The van der Waals surface area contributed by atoms with Crippen LogP contribution in [0.1, 0.15) is 22.3 Å². The number of imide groups is 1. The third-order valence-corrected chi connectivity index (χ3v) is 7.51. The van der Waals surface area contributed by atoms with E-state index in [4.69, 9.17) is 11.6 Å². The molecule has 5 rings (SSSR count). The number of carbonyl (C=O) groups is 3. The Labute approximate surface area is 206 Å². The van der Waals surface area contributed by atoms with E-state index in [2.05, 4.69) is 10.6 Å². The van der Waals surface area contributed by atoms with Crippen LogP contribution >= 0.6 is 11.6 Å². The van der Waals surface area contributed by atoms with Crippen LogP contribution in [0.15, 0.2) is 48.6 Å². The molecule has 1 saturated carbocycles. The Morgan fingerprint density at radius 3 is 2.43 bits per heavy atom. The number of nitro groups is 1. The molecule has 1 heterocycles. The van der Waals surface area contributed by atoms with Crippen molar-refractivity contribution in [2.75, 3.05) is 23.7 Å². The molecule has 0 radical (unpaired) electrons. The van der Waals surface area contributed by atoms with Crippen LogP contribution in [0.5, 0.6) is 0 Å². The minimum absolute atomic E-state index is 0.111. The third-order valence-electron chi connectivity index (χ3n) is 7.10. The first-order valence-electron chi connectivity index (χ1n) is 11.4. The zero-order valence-electron chi connectivity index (χ0n) is 18.9. The molecule has 3 amide bonds. The predicted octanol–water partition coefficient (Wildman–Crippen LogP) is 4.03. The number of nitrogens with zero attached hydrogens (tertiary/aromatic N) is 2. The quantitative estimate of drug-likeness (QED) is 0.259. The molecule has 0 aromatic heterocycles. The zero-order valence-corrected chi connectivity index (χ0v) is 19.6. The van der Waals surface area contributed by atoms with Crippen LogP contribution in [0.25, 0.3) is 0 Å². The average Bonchev–Trinajstić information content (AvgIpc) is 3.51. The van der Waals surface area contributed by atoms with Crippen LogP contribution in [-0.2, 0) is 9.59 Å². The summed E-state index contributed by atoms with van der Waals surface area (Å²) in [4.78, 5) is 50.6. The van der Waals surface area contributed by atoms with Crippen molar-refractivity contribution in [1.29, 1.82) is 0 Å². The fourth-order valence-corrected chi connectivity index (χ4v) is 5.51. The highest BCUT2D eigenvalue weighted by Gasteiger charge is 2.58. The van der Waals surface area contributed by atoms with Gasteiger partial charge in [-0.25, -0.2) is 0 Å². The Morgan fingerprint density at radius 1 is 1.11 bits per heavy atom. The van der Waals surface area contributed by atoms with E-state index < -0.39 is 10.8 Å². The number of rotatable bonds is 7. The minimum Gasteiger partial charge on any atom is -0.378 e. The first-order chi connectivity index (χ1) is 16.7. The molecule has 2 aromatic carbocycles. The first-order valence-corrected chi connectivity index (χ1v) is 11.8. The van der Waals surface area contributed by atoms with Gasteiger partial charge in [-0.3, -0.25) is 29.4 Å². The van der Waals surface area contributed by atoms with Gasteiger partial charge in [-0.1, -0.05) is 29.8 Å². The molecule has 2 aliphatic carbocycles. The second-order valence-corrected chi connectivity index (χ2v) is 9.57. The SMILES string of the molecule is Cc1ccc(NC(=O)c2ccc(NCCN3C(=O)[C@@H]4[C@@H](C3=O)[C@H]3C=C[C@@H]4C3)c([N+](=O)[O-])c2)cc1Cl. The summed E-state index contributed by atoms with van der Waals surface area (Å²) in [6.45, 7) is 2.12. The lowest BCUT2D eigenvalue weighted by Crippen LogP contribution is -2.36. The van der Waals surface area contributed by atoms with Crippen LogP contribution in [0.3, 0.4) is 0 Å². The number of likely N-dealkylation sites (tertiary alicyclic amines) is 1. The summed E-state index contributed by atoms with van der Waals surface area (Å²) >= 11 is 6.09. The van der Waals surface area contributed by atoms with Crippen molar-refractivity contribution >= 4 is 46.4 Å². The highest BCUT2D eigenvalue weighted by Crippen LogP contribution is 2.52. The lowest BCUT2D eigenvalue weighted by Gasteiger charge is -2.18. The zero-order chi connectivity index (χ0) is 24.9. The predicted molar refractivity (Wildman–Crippen MR) is 130 cm³/mol. The van der Waals surface area contributed by atoms with Gasteiger partial charge in [-0.05, 0) is 55.0 Å². The maximum atomic E-state index is 12.8. The van der Waals surface area contributed by atoms with Gasteiger partial charge >= 0.3 is 0 Å². The highest BCUT2D eigenvalue weighted by molar-refractivity contribution is 6.31. The third kappa shape index (κ3) is 4.05. The molecule has 2 N–H and O–H groups in total. The van der Waals surface area contributed by atoms with Crippen LogP contribution < -0.4 is 10.6 Å². The Morgan fingerprint density at radius 2 is 1.80 bits per heavy atom. The van der Waals surface area contributed by atoms with Gasteiger partial charge in [0.15, 0.2) is 0 Å². The molecule has 2 fully saturated rings. The van der Waals surface area contributed by atoms with E-state index in [1.54, 1.807) is 18.2 Å². The van der Waals surface area contributed by atoms with Crippen LogP contribution in [0.4, 0.5) is 17.1 Å². The normalized spacial score (nSPS) is 24.1. The van der Waals surface area contributed by atoms with Crippen LogP contribution in [0, 0.1) is 40.7 Å². The number of nitrogens with one attached hydrogen (secondary N) is 2. The fourth-order valence-electron chi connectivity index (χ4n) is 5.33. The van der Waals surface area contributed by atoms with Crippen molar-refractivity contribution in [2.45, 2.75) is 13.3 Å². The van der Waals surface area contributed by atoms with E-state index >= 15 is 0 Å². The summed E-state index contributed by atoms with van der Waals surface area (Å²) in [7, 11) is 0. The molecule has 0 spiro atoms. The van der Waals surface area contributed by atoms with Gasteiger partial charge in [0.05, 0.1) is 16.8 Å². The van der Waals surface area contributed by atoms with E-state index in [-0.39, 0.29) is 65.5 Å². The van der Waals surface area contributed by atoms with Crippen LogP contribution in [-0.4, -0.2) is 40.6 Å². The second kappa shape index (κ2) is 8.81. The number of hydrogen-bond acceptors (Lipinski definition) is 6. The van der Waals surface area contributed by atoms with E-state index in [0.717, 1.165) is 12.0 Å². The van der Waals surface area contributed by atoms with Gasteiger partial charge in [-0.15, -0.1) is 0 Å². The summed E-state index contributed by atoms with van der Waals surface area (Å²) < 4.78 is 0. The Bertz CT molecular complexity index is 1260. The van der Waals surface area contributed by atoms with Gasteiger partial charge in [0.1, 0.15) is 5.69 Å². The second-order valence-electron chi connectivity index (χ2n) is 9.16. The van der Waals surface area contributed by atoms with E-state index in [1.165, 1.54) is 23.1 Å². The summed E-state index contributed by atoms with van der Waals surface area (Å²) in [6, 6.07) is 9.17. The fraction of sp³-hybridized carbons (Fsp3) is 0.320. The molecule has 9 nitrogen and oxygen atoms in total. The number of halogens is 1. The molecule has 3 aliphatic rings. The Kier molecular flexibility index (Phi) is 5.80. The largest absolute Gasteiger partial charge is 0.378 e. The molecule has 10 heteroatoms. The number of fused-ring (bicyclic) bond motifs is 5. The lowest BCUT2D eigenvalue weighted by atomic mass is 9.85. The Hall–Kier alpha value is -3.72. The number of benzene rings is 2. The molecule has 2 bridgehead atoms. The maximum Gasteiger partial charge on any atom is 0.293 e. The number of hydrogen-bond donors (Lipinski definition) is 2. The number of allylic oxidation sites excluding steroid dienone is 2. The smallest absolute Gasteiger partial charge is 0.293 e. The highest BCUT2D eigenvalue weighted by atomic mass is 35.5. The molecule has 4 atom stereocenters. The molecule has 1 saturated heterocycles. The van der Waals surface area contributed by atoms with Gasteiger partial charge in [0.2, 0.25) is 11.8 Å². The summed E-state index contributed by atoms with van der Waals surface area (Å²) in [6.07, 6.45) is 4.93. The summed E-state index contributed by atoms with van der Waals surface area (Å²) in [5, 5.41) is 17.8. The number of nitro benzene ring substituents is 1. The number of aryl methyl sites for hydroxylation is 1. The van der Waals surface area contributed by atoms with Gasteiger partial charge in [0, 0.05) is 35.4 Å². The van der Waals surface area contributed by atoms with Gasteiger partial charge < -0.3 is 10.6 Å².